The van der Waals surface area contributed by atoms with Gasteiger partial charge >= 0.3 is 0 Å². The van der Waals surface area contributed by atoms with E-state index in [0.717, 1.165) is 0 Å². The summed E-state index contributed by atoms with van der Waals surface area (Å²) in [6.45, 7) is 2.63. The highest BCUT2D eigenvalue weighted by atomic mass is 35.5. The molecule has 0 aliphatic rings. The summed E-state index contributed by atoms with van der Waals surface area (Å²) in [5.41, 5.74) is 0.552. The summed E-state index contributed by atoms with van der Waals surface area (Å²) in [7, 11) is 0. The Morgan fingerprint density at radius 1 is 1.12 bits per heavy atom. The van der Waals surface area contributed by atoms with Crippen LogP contribution in [0.5, 0.6) is 0 Å². The SMILES string of the molecule is CCC(=O)NCCNC(=O)c1ccc(Cl)cc1. The van der Waals surface area contributed by atoms with Crippen LogP contribution in [0, 0.1) is 0 Å². The second-order valence-electron chi connectivity index (χ2n) is 3.47. The topological polar surface area (TPSA) is 58.2 Å². The third-order valence-corrected chi connectivity index (χ3v) is 2.41. The van der Waals surface area contributed by atoms with Gasteiger partial charge in [0.1, 0.15) is 0 Å². The van der Waals surface area contributed by atoms with Gasteiger partial charge in [-0.2, -0.15) is 0 Å². The van der Waals surface area contributed by atoms with Gasteiger partial charge in [0.25, 0.3) is 5.91 Å². The van der Waals surface area contributed by atoms with Crippen molar-refractivity contribution in [3.63, 3.8) is 0 Å². The highest BCUT2D eigenvalue weighted by Gasteiger charge is 2.04. The molecule has 4 nitrogen and oxygen atoms in total. The van der Waals surface area contributed by atoms with Crippen molar-refractivity contribution in [1.82, 2.24) is 10.6 Å². The standard InChI is InChI=1S/C12H15ClN2O2/c1-2-11(16)14-7-8-15-12(17)9-3-5-10(13)6-4-9/h3-6H,2,7-8H2,1H3,(H,14,16)(H,15,17). The van der Waals surface area contributed by atoms with E-state index in [2.05, 4.69) is 10.6 Å². The Balaban J connectivity index is 2.30. The van der Waals surface area contributed by atoms with E-state index in [1.165, 1.54) is 0 Å². The van der Waals surface area contributed by atoms with Crippen molar-refractivity contribution in [1.29, 1.82) is 0 Å². The van der Waals surface area contributed by atoms with Crippen LogP contribution in [0.2, 0.25) is 5.02 Å². The third-order valence-electron chi connectivity index (χ3n) is 2.16. The largest absolute Gasteiger partial charge is 0.354 e. The van der Waals surface area contributed by atoms with E-state index in [9.17, 15) is 9.59 Å². The van der Waals surface area contributed by atoms with E-state index in [4.69, 9.17) is 11.6 Å². The van der Waals surface area contributed by atoms with Crippen molar-refractivity contribution in [3.8, 4) is 0 Å². The highest BCUT2D eigenvalue weighted by molar-refractivity contribution is 6.30. The minimum atomic E-state index is -0.174. The molecule has 0 fully saturated rings. The first kappa shape index (κ1) is 13.5. The number of halogens is 1. The lowest BCUT2D eigenvalue weighted by atomic mass is 10.2. The maximum atomic E-state index is 11.6. The molecule has 0 bridgehead atoms. The highest BCUT2D eigenvalue weighted by Crippen LogP contribution is 2.08. The quantitative estimate of drug-likeness (QED) is 0.784. The normalized spacial score (nSPS) is 9.76. The molecule has 1 aromatic rings. The molecule has 17 heavy (non-hydrogen) atoms. The molecule has 0 spiro atoms. The molecule has 0 saturated heterocycles. The predicted molar refractivity (Wildman–Crippen MR) is 67.1 cm³/mol. The molecule has 2 N–H and O–H groups in total. The number of hydrogen-bond donors (Lipinski definition) is 2. The summed E-state index contributed by atoms with van der Waals surface area (Å²) in [5.74, 6) is -0.196. The molecule has 0 radical (unpaired) electrons. The molecule has 92 valence electrons. The van der Waals surface area contributed by atoms with Gasteiger partial charge < -0.3 is 10.6 Å². The van der Waals surface area contributed by atoms with Gasteiger partial charge in [-0.15, -0.1) is 0 Å². The lowest BCUT2D eigenvalue weighted by Gasteiger charge is -2.06. The number of carbonyl (C=O) groups excluding carboxylic acids is 2. The first-order chi connectivity index (χ1) is 8.13. The molecular weight excluding hydrogens is 240 g/mol. The van der Waals surface area contributed by atoms with Gasteiger partial charge in [-0.25, -0.2) is 0 Å². The summed E-state index contributed by atoms with van der Waals surface area (Å²) >= 11 is 5.71. The van der Waals surface area contributed by atoms with Gasteiger partial charge in [0.15, 0.2) is 0 Å². The van der Waals surface area contributed by atoms with Crippen molar-refractivity contribution >= 4 is 23.4 Å². The zero-order chi connectivity index (χ0) is 12.7. The smallest absolute Gasteiger partial charge is 0.251 e. The first-order valence-electron chi connectivity index (χ1n) is 5.44. The van der Waals surface area contributed by atoms with Crippen LogP contribution in [0.25, 0.3) is 0 Å². The lowest BCUT2D eigenvalue weighted by Crippen LogP contribution is -2.34. The van der Waals surface area contributed by atoms with Crippen LogP contribution in [0.15, 0.2) is 24.3 Å². The number of amides is 2. The average molecular weight is 255 g/mol. The zero-order valence-electron chi connectivity index (χ0n) is 9.63. The van der Waals surface area contributed by atoms with Crippen molar-refractivity contribution in [2.24, 2.45) is 0 Å². The fourth-order valence-electron chi connectivity index (χ4n) is 1.21. The van der Waals surface area contributed by atoms with Crippen LogP contribution in [0.4, 0.5) is 0 Å². The van der Waals surface area contributed by atoms with Crippen LogP contribution < -0.4 is 10.6 Å². The van der Waals surface area contributed by atoms with Crippen LogP contribution in [0.1, 0.15) is 23.7 Å². The molecule has 0 unspecified atom stereocenters. The minimum absolute atomic E-state index is 0.0225. The Hall–Kier alpha value is -1.55. The summed E-state index contributed by atoms with van der Waals surface area (Å²) in [6, 6.07) is 6.63. The van der Waals surface area contributed by atoms with Gasteiger partial charge in [-0.3, -0.25) is 9.59 Å². The van der Waals surface area contributed by atoms with Crippen molar-refractivity contribution in [3.05, 3.63) is 34.9 Å². The molecule has 5 heteroatoms. The summed E-state index contributed by atoms with van der Waals surface area (Å²) in [6.07, 6.45) is 0.450. The Morgan fingerprint density at radius 3 is 2.29 bits per heavy atom. The summed E-state index contributed by atoms with van der Waals surface area (Å²) < 4.78 is 0. The second kappa shape index (κ2) is 6.91. The zero-order valence-corrected chi connectivity index (χ0v) is 10.4. The van der Waals surface area contributed by atoms with Gasteiger partial charge in [0.05, 0.1) is 0 Å². The van der Waals surface area contributed by atoms with Crippen LogP contribution in [-0.4, -0.2) is 24.9 Å². The van der Waals surface area contributed by atoms with Crippen molar-refractivity contribution in [2.45, 2.75) is 13.3 Å². The van der Waals surface area contributed by atoms with Gasteiger partial charge in [-0.05, 0) is 24.3 Å². The Morgan fingerprint density at radius 2 is 1.71 bits per heavy atom. The number of hydrogen-bond acceptors (Lipinski definition) is 2. The molecular formula is C12H15ClN2O2. The predicted octanol–water partition coefficient (Wildman–Crippen LogP) is 1.60. The van der Waals surface area contributed by atoms with E-state index < -0.39 is 0 Å². The number of benzene rings is 1. The van der Waals surface area contributed by atoms with Crippen molar-refractivity contribution < 1.29 is 9.59 Å². The van der Waals surface area contributed by atoms with E-state index in [-0.39, 0.29) is 11.8 Å². The maximum Gasteiger partial charge on any atom is 0.251 e. The second-order valence-corrected chi connectivity index (χ2v) is 3.90. The third kappa shape index (κ3) is 4.87. The molecule has 0 heterocycles. The van der Waals surface area contributed by atoms with E-state index >= 15 is 0 Å². The molecule has 0 atom stereocenters. The van der Waals surface area contributed by atoms with Crippen LogP contribution in [-0.2, 0) is 4.79 Å². The molecule has 2 amide bonds. The Labute approximate surface area is 105 Å². The van der Waals surface area contributed by atoms with E-state index in [1.54, 1.807) is 31.2 Å². The first-order valence-corrected chi connectivity index (χ1v) is 5.81. The van der Waals surface area contributed by atoms with Crippen LogP contribution >= 0.6 is 11.6 Å². The molecule has 1 aromatic carbocycles. The van der Waals surface area contributed by atoms with Gasteiger partial charge in [-0.1, -0.05) is 18.5 Å². The minimum Gasteiger partial charge on any atom is -0.354 e. The monoisotopic (exact) mass is 254 g/mol. The fourth-order valence-corrected chi connectivity index (χ4v) is 1.33. The van der Waals surface area contributed by atoms with Crippen molar-refractivity contribution in [2.75, 3.05) is 13.1 Å². The Kier molecular flexibility index (Phi) is 5.49. The average Bonchev–Trinajstić information content (AvgIpc) is 2.34. The molecule has 0 saturated carbocycles. The number of rotatable bonds is 5. The van der Waals surface area contributed by atoms with E-state index in [0.29, 0.717) is 30.1 Å². The van der Waals surface area contributed by atoms with Gasteiger partial charge in [0.2, 0.25) is 5.91 Å². The fraction of sp³-hybridized carbons (Fsp3) is 0.333. The van der Waals surface area contributed by atoms with Crippen LogP contribution in [0.3, 0.4) is 0 Å². The lowest BCUT2D eigenvalue weighted by molar-refractivity contribution is -0.120. The molecule has 0 aromatic heterocycles. The summed E-state index contributed by atoms with van der Waals surface area (Å²) in [5, 5.41) is 5.97. The van der Waals surface area contributed by atoms with Gasteiger partial charge in [0, 0.05) is 30.1 Å². The number of nitrogens with one attached hydrogen (secondary N) is 2. The summed E-state index contributed by atoms with van der Waals surface area (Å²) in [4.78, 5) is 22.5. The Bertz CT molecular complexity index is 390. The molecule has 0 aliphatic carbocycles. The number of carbonyl (C=O) groups is 2. The maximum absolute atomic E-state index is 11.6. The molecule has 0 aliphatic heterocycles. The van der Waals surface area contributed by atoms with E-state index in [1.807, 2.05) is 0 Å². The molecule has 1 rings (SSSR count).